The fourth-order valence-electron chi connectivity index (χ4n) is 3.68. The molecule has 0 spiro atoms. The summed E-state index contributed by atoms with van der Waals surface area (Å²) >= 11 is 0. The third kappa shape index (κ3) is 4.90. The first-order valence-corrected chi connectivity index (χ1v) is 7.12. The van der Waals surface area contributed by atoms with Gasteiger partial charge in [0, 0.05) is 31.7 Å². The van der Waals surface area contributed by atoms with Gasteiger partial charge in [-0.25, -0.2) is 0 Å². The van der Waals surface area contributed by atoms with Crippen molar-refractivity contribution in [2.75, 3.05) is 39.3 Å². The van der Waals surface area contributed by atoms with E-state index in [0.717, 1.165) is 12.1 Å². The molecule has 0 aromatic heterocycles. The Labute approximate surface area is 136 Å². The predicted octanol–water partition coefficient (Wildman–Crippen LogP) is 2.17. The van der Waals surface area contributed by atoms with Crippen LogP contribution in [0.3, 0.4) is 0 Å². The first kappa shape index (κ1) is 19.8. The summed E-state index contributed by atoms with van der Waals surface area (Å²) in [5, 5.41) is 3.47. The summed E-state index contributed by atoms with van der Waals surface area (Å²) in [5.74, 6) is 0. The highest BCUT2D eigenvalue weighted by molar-refractivity contribution is 5.86. The average molecular weight is 333 g/mol. The highest BCUT2D eigenvalue weighted by atomic mass is 35.5. The van der Waals surface area contributed by atoms with Gasteiger partial charge < -0.3 is 5.32 Å². The number of nitrogens with zero attached hydrogens (tertiary/aromatic N) is 2. The minimum absolute atomic E-state index is 0. The van der Waals surface area contributed by atoms with Gasteiger partial charge in [0.1, 0.15) is 0 Å². The van der Waals surface area contributed by atoms with Crippen LogP contribution in [0.1, 0.15) is 32.1 Å². The van der Waals surface area contributed by atoms with E-state index in [4.69, 9.17) is 0 Å². The first-order chi connectivity index (χ1) is 7.93. The third-order valence-electron chi connectivity index (χ3n) is 4.69. The van der Waals surface area contributed by atoms with E-state index in [0.29, 0.717) is 0 Å². The van der Waals surface area contributed by atoms with E-state index in [-0.39, 0.29) is 37.2 Å². The zero-order valence-corrected chi connectivity index (χ0v) is 14.0. The standard InChI is InChI=1S/C13H25N3.3ClH/c1-2-8-15-9-10-16(11-13(15)3-1)12-4-6-14-7-5-12;;;/h12-14H,1-11H2;3*1H. The molecule has 19 heavy (non-hydrogen) atoms. The van der Waals surface area contributed by atoms with Crippen molar-refractivity contribution < 1.29 is 0 Å². The van der Waals surface area contributed by atoms with E-state index in [9.17, 15) is 0 Å². The van der Waals surface area contributed by atoms with Crippen LogP contribution in [-0.4, -0.2) is 61.2 Å². The summed E-state index contributed by atoms with van der Waals surface area (Å²) in [5.41, 5.74) is 0. The summed E-state index contributed by atoms with van der Waals surface area (Å²) in [4.78, 5) is 5.52. The molecule has 0 saturated carbocycles. The monoisotopic (exact) mass is 331 g/mol. The number of nitrogens with one attached hydrogen (secondary N) is 1. The maximum atomic E-state index is 3.47. The Morgan fingerprint density at radius 3 is 2.11 bits per heavy atom. The minimum Gasteiger partial charge on any atom is -0.317 e. The molecule has 3 aliphatic rings. The summed E-state index contributed by atoms with van der Waals surface area (Å²) in [6, 6.07) is 1.77. The number of piperazine rings is 1. The first-order valence-electron chi connectivity index (χ1n) is 7.12. The van der Waals surface area contributed by atoms with Crippen molar-refractivity contribution in [2.45, 2.75) is 44.2 Å². The molecule has 0 amide bonds. The van der Waals surface area contributed by atoms with Crippen molar-refractivity contribution >= 4 is 37.2 Å². The number of halogens is 3. The lowest BCUT2D eigenvalue weighted by atomic mass is 9.96. The van der Waals surface area contributed by atoms with Crippen LogP contribution in [0.25, 0.3) is 0 Å². The summed E-state index contributed by atoms with van der Waals surface area (Å²) in [6.45, 7) is 7.83. The molecule has 0 bridgehead atoms. The molecule has 3 heterocycles. The van der Waals surface area contributed by atoms with Crippen molar-refractivity contribution in [3.05, 3.63) is 0 Å². The SMILES string of the molecule is C1CCN2CCN(C3CCNCC3)CC2C1.Cl.Cl.Cl. The van der Waals surface area contributed by atoms with Crippen molar-refractivity contribution in [1.82, 2.24) is 15.1 Å². The highest BCUT2D eigenvalue weighted by Gasteiger charge is 2.32. The smallest absolute Gasteiger partial charge is 0.0223 e. The molecule has 6 heteroatoms. The molecule has 3 fully saturated rings. The summed E-state index contributed by atoms with van der Waals surface area (Å²) in [6.07, 6.45) is 7.08. The normalized spacial score (nSPS) is 29.4. The van der Waals surface area contributed by atoms with Crippen molar-refractivity contribution in [3.8, 4) is 0 Å². The molecule has 0 aromatic carbocycles. The second kappa shape index (κ2) is 9.64. The van der Waals surface area contributed by atoms with Crippen LogP contribution in [0.4, 0.5) is 0 Å². The fourth-order valence-corrected chi connectivity index (χ4v) is 3.68. The quantitative estimate of drug-likeness (QED) is 0.794. The van der Waals surface area contributed by atoms with Gasteiger partial charge in [-0.15, -0.1) is 37.2 Å². The van der Waals surface area contributed by atoms with E-state index in [2.05, 4.69) is 15.1 Å². The Bertz CT molecular complexity index is 234. The molecule has 1 N–H and O–H groups in total. The van der Waals surface area contributed by atoms with Gasteiger partial charge in [0.2, 0.25) is 0 Å². The zero-order valence-electron chi connectivity index (χ0n) is 11.6. The molecular weight excluding hydrogens is 305 g/mol. The molecule has 116 valence electrons. The largest absolute Gasteiger partial charge is 0.317 e. The van der Waals surface area contributed by atoms with Gasteiger partial charge in [0.15, 0.2) is 0 Å². The number of rotatable bonds is 1. The molecular formula is C13H28Cl3N3. The second-order valence-corrected chi connectivity index (χ2v) is 5.66. The maximum absolute atomic E-state index is 3.47. The Kier molecular flexibility index (Phi) is 10.0. The lowest BCUT2D eigenvalue weighted by molar-refractivity contribution is 0.0202. The van der Waals surface area contributed by atoms with Gasteiger partial charge >= 0.3 is 0 Å². The molecule has 0 aliphatic carbocycles. The van der Waals surface area contributed by atoms with Gasteiger partial charge in [-0.2, -0.15) is 0 Å². The van der Waals surface area contributed by atoms with Gasteiger partial charge in [-0.1, -0.05) is 6.42 Å². The van der Waals surface area contributed by atoms with Crippen LogP contribution < -0.4 is 5.32 Å². The van der Waals surface area contributed by atoms with Crippen LogP contribution in [0.15, 0.2) is 0 Å². The van der Waals surface area contributed by atoms with E-state index in [1.165, 1.54) is 71.4 Å². The second-order valence-electron chi connectivity index (χ2n) is 5.66. The molecule has 3 aliphatic heterocycles. The summed E-state index contributed by atoms with van der Waals surface area (Å²) in [7, 11) is 0. The van der Waals surface area contributed by atoms with Crippen molar-refractivity contribution in [3.63, 3.8) is 0 Å². The van der Waals surface area contributed by atoms with Crippen LogP contribution in [0.5, 0.6) is 0 Å². The number of fused-ring (bicyclic) bond motifs is 1. The number of piperidine rings is 2. The molecule has 1 atom stereocenters. The van der Waals surface area contributed by atoms with E-state index >= 15 is 0 Å². The van der Waals surface area contributed by atoms with E-state index in [1.807, 2.05) is 0 Å². The van der Waals surface area contributed by atoms with Gasteiger partial charge in [0.05, 0.1) is 0 Å². The van der Waals surface area contributed by atoms with Gasteiger partial charge in [-0.3, -0.25) is 9.80 Å². The van der Waals surface area contributed by atoms with Crippen LogP contribution >= 0.6 is 37.2 Å². The van der Waals surface area contributed by atoms with Crippen LogP contribution in [0.2, 0.25) is 0 Å². The van der Waals surface area contributed by atoms with Crippen molar-refractivity contribution in [1.29, 1.82) is 0 Å². The topological polar surface area (TPSA) is 18.5 Å². The summed E-state index contributed by atoms with van der Waals surface area (Å²) < 4.78 is 0. The Morgan fingerprint density at radius 1 is 0.684 bits per heavy atom. The molecule has 3 rings (SSSR count). The number of hydrogen-bond acceptors (Lipinski definition) is 3. The van der Waals surface area contributed by atoms with E-state index < -0.39 is 0 Å². The van der Waals surface area contributed by atoms with Crippen molar-refractivity contribution in [2.24, 2.45) is 0 Å². The number of hydrogen-bond donors (Lipinski definition) is 1. The predicted molar refractivity (Wildman–Crippen MR) is 88.4 cm³/mol. The molecule has 0 radical (unpaired) electrons. The Hall–Kier alpha value is 0.750. The van der Waals surface area contributed by atoms with E-state index in [1.54, 1.807) is 0 Å². The van der Waals surface area contributed by atoms with Gasteiger partial charge in [0.25, 0.3) is 0 Å². The molecule has 0 aromatic rings. The van der Waals surface area contributed by atoms with Gasteiger partial charge in [-0.05, 0) is 45.3 Å². The molecule has 3 saturated heterocycles. The molecule has 3 nitrogen and oxygen atoms in total. The third-order valence-corrected chi connectivity index (χ3v) is 4.69. The maximum Gasteiger partial charge on any atom is 0.0223 e. The fraction of sp³-hybridized carbons (Fsp3) is 1.00. The highest BCUT2D eigenvalue weighted by Crippen LogP contribution is 2.24. The lowest BCUT2D eigenvalue weighted by Gasteiger charge is -2.47. The molecule has 1 unspecified atom stereocenters. The van der Waals surface area contributed by atoms with Crippen LogP contribution in [0, 0.1) is 0 Å². The minimum atomic E-state index is 0. The lowest BCUT2D eigenvalue weighted by Crippen LogP contribution is -2.58. The Balaban J connectivity index is 0.00000108. The zero-order chi connectivity index (χ0) is 10.8. The Morgan fingerprint density at radius 2 is 1.37 bits per heavy atom. The average Bonchev–Trinajstić information content (AvgIpc) is 2.39. The van der Waals surface area contributed by atoms with Crippen LogP contribution in [-0.2, 0) is 0 Å².